The van der Waals surface area contributed by atoms with Crippen LogP contribution >= 0.6 is 11.3 Å². The van der Waals surface area contributed by atoms with E-state index in [0.717, 1.165) is 28.9 Å². The second-order valence-electron chi connectivity index (χ2n) is 6.01. The molecule has 24 heavy (non-hydrogen) atoms. The Morgan fingerprint density at radius 1 is 0.917 bits per heavy atom. The van der Waals surface area contributed by atoms with Crippen molar-refractivity contribution in [3.05, 3.63) is 83.1 Å². The third-order valence-electron chi connectivity index (χ3n) is 4.22. The molecule has 0 saturated carbocycles. The summed E-state index contributed by atoms with van der Waals surface area (Å²) in [6, 6.07) is 19.1. The molecule has 118 valence electrons. The lowest BCUT2D eigenvalue weighted by atomic mass is 10.1. The predicted molar refractivity (Wildman–Crippen MR) is 101 cm³/mol. The standard InChI is InChI=1S/C21H18N2S/c1-15-7-10-17(11-8-15)19-14-24-21-18(19)13-22-20(23-21)12-9-16-5-3-2-4-6-16/h2-8,10-11,13-14H,9,12H2,1H3. The molecule has 2 aromatic carbocycles. The summed E-state index contributed by atoms with van der Waals surface area (Å²) in [5.41, 5.74) is 5.06. The Morgan fingerprint density at radius 3 is 2.50 bits per heavy atom. The Kier molecular flexibility index (Phi) is 4.09. The van der Waals surface area contributed by atoms with Crippen LogP contribution in [0.3, 0.4) is 0 Å². The summed E-state index contributed by atoms with van der Waals surface area (Å²) in [5.74, 6) is 0.920. The minimum atomic E-state index is 0.873. The number of rotatable bonds is 4. The quantitative estimate of drug-likeness (QED) is 0.497. The first-order valence-corrected chi connectivity index (χ1v) is 9.02. The minimum Gasteiger partial charge on any atom is -0.241 e. The van der Waals surface area contributed by atoms with Gasteiger partial charge in [-0.3, -0.25) is 0 Å². The number of aryl methyl sites for hydroxylation is 3. The summed E-state index contributed by atoms with van der Waals surface area (Å²) in [4.78, 5) is 10.4. The van der Waals surface area contributed by atoms with E-state index in [1.165, 1.54) is 22.3 Å². The van der Waals surface area contributed by atoms with E-state index in [4.69, 9.17) is 4.98 Å². The van der Waals surface area contributed by atoms with Gasteiger partial charge in [0.15, 0.2) is 0 Å². The molecule has 0 aliphatic heterocycles. The van der Waals surface area contributed by atoms with Crippen LogP contribution in [0, 0.1) is 6.92 Å². The van der Waals surface area contributed by atoms with Gasteiger partial charge in [-0.2, -0.15) is 0 Å². The van der Waals surface area contributed by atoms with Gasteiger partial charge in [-0.25, -0.2) is 9.97 Å². The van der Waals surface area contributed by atoms with Crippen molar-refractivity contribution in [2.45, 2.75) is 19.8 Å². The van der Waals surface area contributed by atoms with E-state index in [1.807, 2.05) is 12.3 Å². The van der Waals surface area contributed by atoms with Crippen LogP contribution in [-0.2, 0) is 12.8 Å². The van der Waals surface area contributed by atoms with Gasteiger partial charge in [0.2, 0.25) is 0 Å². The van der Waals surface area contributed by atoms with Gasteiger partial charge in [0, 0.05) is 28.9 Å². The SMILES string of the molecule is Cc1ccc(-c2csc3nc(CCc4ccccc4)ncc23)cc1. The Labute approximate surface area is 145 Å². The number of benzene rings is 2. The van der Waals surface area contributed by atoms with Crippen molar-refractivity contribution >= 4 is 21.6 Å². The average Bonchev–Trinajstić information content (AvgIpc) is 3.05. The van der Waals surface area contributed by atoms with Crippen molar-refractivity contribution < 1.29 is 0 Å². The molecular formula is C21H18N2S. The normalized spacial score (nSPS) is 11.0. The summed E-state index contributed by atoms with van der Waals surface area (Å²) < 4.78 is 0. The van der Waals surface area contributed by atoms with E-state index < -0.39 is 0 Å². The van der Waals surface area contributed by atoms with Crippen molar-refractivity contribution in [3.63, 3.8) is 0 Å². The van der Waals surface area contributed by atoms with Crippen LogP contribution in [0.15, 0.2) is 66.2 Å². The van der Waals surface area contributed by atoms with Crippen LogP contribution < -0.4 is 0 Å². The summed E-state index contributed by atoms with van der Waals surface area (Å²) >= 11 is 1.70. The largest absolute Gasteiger partial charge is 0.241 e. The number of nitrogens with zero attached hydrogens (tertiary/aromatic N) is 2. The number of aromatic nitrogens is 2. The fourth-order valence-corrected chi connectivity index (χ4v) is 3.77. The molecule has 0 unspecified atom stereocenters. The molecule has 2 aromatic heterocycles. The van der Waals surface area contributed by atoms with E-state index in [-0.39, 0.29) is 0 Å². The maximum Gasteiger partial charge on any atom is 0.130 e. The molecular weight excluding hydrogens is 312 g/mol. The van der Waals surface area contributed by atoms with Crippen LogP contribution in [0.5, 0.6) is 0 Å². The monoisotopic (exact) mass is 330 g/mol. The third-order valence-corrected chi connectivity index (χ3v) is 5.11. The molecule has 0 atom stereocenters. The zero-order chi connectivity index (χ0) is 16.4. The van der Waals surface area contributed by atoms with E-state index in [0.29, 0.717) is 0 Å². The highest BCUT2D eigenvalue weighted by atomic mass is 32.1. The van der Waals surface area contributed by atoms with Crippen molar-refractivity contribution in [2.75, 3.05) is 0 Å². The number of hydrogen-bond acceptors (Lipinski definition) is 3. The van der Waals surface area contributed by atoms with E-state index in [1.54, 1.807) is 11.3 Å². The van der Waals surface area contributed by atoms with Crippen LogP contribution in [0.1, 0.15) is 17.0 Å². The third kappa shape index (κ3) is 3.08. The van der Waals surface area contributed by atoms with Crippen LogP contribution in [0.4, 0.5) is 0 Å². The van der Waals surface area contributed by atoms with Crippen molar-refractivity contribution in [3.8, 4) is 11.1 Å². The maximum absolute atomic E-state index is 4.76. The Bertz CT molecular complexity index is 956. The highest BCUT2D eigenvalue weighted by Gasteiger charge is 2.09. The molecule has 3 heteroatoms. The molecule has 0 bridgehead atoms. The number of fused-ring (bicyclic) bond motifs is 1. The lowest BCUT2D eigenvalue weighted by molar-refractivity contribution is 0.871. The number of hydrogen-bond donors (Lipinski definition) is 0. The highest BCUT2D eigenvalue weighted by Crippen LogP contribution is 2.32. The van der Waals surface area contributed by atoms with Crippen molar-refractivity contribution in [2.24, 2.45) is 0 Å². The predicted octanol–water partition coefficient (Wildman–Crippen LogP) is 5.45. The van der Waals surface area contributed by atoms with Gasteiger partial charge in [0.1, 0.15) is 10.7 Å². The Hall–Kier alpha value is -2.52. The zero-order valence-electron chi connectivity index (χ0n) is 13.6. The molecule has 2 nitrogen and oxygen atoms in total. The first-order chi connectivity index (χ1) is 11.8. The molecule has 0 aliphatic carbocycles. The fraction of sp³-hybridized carbons (Fsp3) is 0.143. The van der Waals surface area contributed by atoms with Gasteiger partial charge in [0.25, 0.3) is 0 Å². The summed E-state index contributed by atoms with van der Waals surface area (Å²) in [7, 11) is 0. The van der Waals surface area contributed by atoms with Gasteiger partial charge in [-0.05, 0) is 24.5 Å². The summed E-state index contributed by atoms with van der Waals surface area (Å²) in [6.45, 7) is 2.11. The van der Waals surface area contributed by atoms with Gasteiger partial charge in [-0.15, -0.1) is 11.3 Å². The molecule has 0 N–H and O–H groups in total. The topological polar surface area (TPSA) is 25.8 Å². The highest BCUT2D eigenvalue weighted by molar-refractivity contribution is 7.17. The lowest BCUT2D eigenvalue weighted by Gasteiger charge is -2.03. The lowest BCUT2D eigenvalue weighted by Crippen LogP contribution is -1.97. The van der Waals surface area contributed by atoms with Crippen molar-refractivity contribution in [1.82, 2.24) is 9.97 Å². The van der Waals surface area contributed by atoms with Crippen LogP contribution in [-0.4, -0.2) is 9.97 Å². The minimum absolute atomic E-state index is 0.873. The molecule has 2 heterocycles. The smallest absolute Gasteiger partial charge is 0.130 e. The molecule has 4 aromatic rings. The molecule has 0 fully saturated rings. The average molecular weight is 330 g/mol. The Morgan fingerprint density at radius 2 is 1.71 bits per heavy atom. The fourth-order valence-electron chi connectivity index (χ4n) is 2.83. The second-order valence-corrected chi connectivity index (χ2v) is 6.86. The molecule has 0 radical (unpaired) electrons. The molecule has 0 aliphatic rings. The van der Waals surface area contributed by atoms with Gasteiger partial charge >= 0.3 is 0 Å². The van der Waals surface area contributed by atoms with Gasteiger partial charge < -0.3 is 0 Å². The second kappa shape index (κ2) is 6.54. The molecule has 0 spiro atoms. The number of thiophene rings is 1. The van der Waals surface area contributed by atoms with Crippen LogP contribution in [0.2, 0.25) is 0 Å². The van der Waals surface area contributed by atoms with Crippen molar-refractivity contribution in [1.29, 1.82) is 0 Å². The van der Waals surface area contributed by atoms with E-state index in [9.17, 15) is 0 Å². The summed E-state index contributed by atoms with van der Waals surface area (Å²) in [5, 5.41) is 3.33. The van der Waals surface area contributed by atoms with Gasteiger partial charge in [0.05, 0.1) is 0 Å². The molecule has 0 amide bonds. The van der Waals surface area contributed by atoms with Crippen LogP contribution in [0.25, 0.3) is 21.3 Å². The zero-order valence-corrected chi connectivity index (χ0v) is 14.4. The first-order valence-electron chi connectivity index (χ1n) is 8.14. The van der Waals surface area contributed by atoms with E-state index >= 15 is 0 Å². The van der Waals surface area contributed by atoms with Gasteiger partial charge in [-0.1, -0.05) is 60.2 Å². The first kappa shape index (κ1) is 15.0. The summed E-state index contributed by atoms with van der Waals surface area (Å²) in [6.07, 6.45) is 3.83. The molecule has 4 rings (SSSR count). The van der Waals surface area contributed by atoms with E-state index in [2.05, 4.69) is 65.8 Å². The maximum atomic E-state index is 4.76. The molecule has 0 saturated heterocycles. The Balaban J connectivity index is 1.59.